The van der Waals surface area contributed by atoms with Crippen LogP contribution in [0.15, 0.2) is 84.3 Å². The smallest absolute Gasteiger partial charge is 0.205 e. The Morgan fingerprint density at radius 3 is 2.23 bits per heavy atom. The third kappa shape index (κ3) is 2.66. The standard InChI is InChI=1S/C22H17N3O/c23-13-19-21(18-11-10-17(24)12-20(18)26-22(19)25)16-8-6-15(7-9-16)14-4-2-1-3-5-14/h1-12,21H,24-25H2/t21-/m0/s1. The van der Waals surface area contributed by atoms with Crippen LogP contribution in [0, 0.1) is 11.3 Å². The zero-order valence-electron chi connectivity index (χ0n) is 14.0. The number of anilines is 1. The highest BCUT2D eigenvalue weighted by molar-refractivity contribution is 5.65. The van der Waals surface area contributed by atoms with Gasteiger partial charge in [0.1, 0.15) is 17.4 Å². The van der Waals surface area contributed by atoms with Crippen molar-refractivity contribution in [3.05, 3.63) is 95.4 Å². The Hall–Kier alpha value is -3.71. The first-order chi connectivity index (χ1) is 12.7. The lowest BCUT2D eigenvalue weighted by molar-refractivity contribution is 0.394. The first kappa shape index (κ1) is 15.8. The Bertz CT molecular complexity index is 1030. The molecule has 1 aliphatic heterocycles. The molecule has 0 radical (unpaired) electrons. The van der Waals surface area contributed by atoms with E-state index in [-0.39, 0.29) is 11.8 Å². The summed E-state index contributed by atoms with van der Waals surface area (Å²) in [6, 6.07) is 26.0. The number of nitrogens with two attached hydrogens (primary N) is 2. The summed E-state index contributed by atoms with van der Waals surface area (Å²) in [5.74, 6) is 0.454. The van der Waals surface area contributed by atoms with Gasteiger partial charge in [-0.3, -0.25) is 0 Å². The normalized spacial score (nSPS) is 15.7. The Morgan fingerprint density at radius 2 is 1.54 bits per heavy atom. The summed E-state index contributed by atoms with van der Waals surface area (Å²) in [4.78, 5) is 0. The van der Waals surface area contributed by atoms with Gasteiger partial charge in [0.05, 0.1) is 5.92 Å². The number of hydrogen-bond donors (Lipinski definition) is 2. The second-order valence-electron chi connectivity index (χ2n) is 6.21. The summed E-state index contributed by atoms with van der Waals surface area (Å²) in [6.07, 6.45) is 0. The number of ether oxygens (including phenoxy) is 1. The minimum atomic E-state index is -0.269. The summed E-state index contributed by atoms with van der Waals surface area (Å²) in [5, 5.41) is 9.61. The zero-order valence-corrected chi connectivity index (χ0v) is 14.0. The molecule has 1 aliphatic rings. The Labute approximate surface area is 151 Å². The number of nitrogens with zero attached hydrogens (tertiary/aromatic N) is 1. The number of fused-ring (bicyclic) bond motifs is 1. The number of rotatable bonds is 2. The van der Waals surface area contributed by atoms with Crippen LogP contribution in [0.3, 0.4) is 0 Å². The predicted octanol–water partition coefficient (Wildman–Crippen LogP) is 4.15. The third-order valence-corrected chi connectivity index (χ3v) is 4.59. The Balaban J connectivity index is 1.80. The van der Waals surface area contributed by atoms with Crippen molar-refractivity contribution >= 4 is 5.69 Å². The predicted molar refractivity (Wildman–Crippen MR) is 102 cm³/mol. The fourth-order valence-electron chi connectivity index (χ4n) is 3.31. The molecule has 0 unspecified atom stereocenters. The van der Waals surface area contributed by atoms with E-state index in [0.717, 1.165) is 22.3 Å². The second kappa shape index (κ2) is 6.30. The molecule has 4 N–H and O–H groups in total. The van der Waals surface area contributed by atoms with E-state index in [0.29, 0.717) is 17.0 Å². The Morgan fingerprint density at radius 1 is 0.846 bits per heavy atom. The molecule has 0 fully saturated rings. The molecule has 4 heteroatoms. The summed E-state index contributed by atoms with van der Waals surface area (Å²) in [6.45, 7) is 0. The van der Waals surface area contributed by atoms with Crippen LogP contribution >= 0.6 is 0 Å². The monoisotopic (exact) mass is 339 g/mol. The van der Waals surface area contributed by atoms with Gasteiger partial charge >= 0.3 is 0 Å². The fraction of sp³-hybridized carbons (Fsp3) is 0.0455. The summed E-state index contributed by atoms with van der Waals surface area (Å²) in [7, 11) is 0. The molecule has 0 amide bonds. The molecule has 0 spiro atoms. The van der Waals surface area contributed by atoms with Crippen LogP contribution in [0.25, 0.3) is 11.1 Å². The SMILES string of the molecule is N#CC1=C(N)Oc2cc(N)ccc2[C@@H]1c1ccc(-c2ccccc2)cc1. The molecule has 1 heterocycles. The number of nitriles is 1. The van der Waals surface area contributed by atoms with Crippen molar-refractivity contribution in [1.82, 2.24) is 0 Å². The van der Waals surface area contributed by atoms with Gasteiger partial charge in [-0.05, 0) is 22.8 Å². The minimum Gasteiger partial charge on any atom is -0.440 e. The van der Waals surface area contributed by atoms with Gasteiger partial charge in [-0.15, -0.1) is 0 Å². The fourth-order valence-corrected chi connectivity index (χ4v) is 3.31. The van der Waals surface area contributed by atoms with Crippen molar-refractivity contribution in [3.8, 4) is 22.9 Å². The van der Waals surface area contributed by atoms with Crippen molar-refractivity contribution in [2.24, 2.45) is 5.73 Å². The maximum Gasteiger partial charge on any atom is 0.205 e. The molecular formula is C22H17N3O. The lowest BCUT2D eigenvalue weighted by Gasteiger charge is -2.26. The lowest BCUT2D eigenvalue weighted by Crippen LogP contribution is -2.21. The highest BCUT2D eigenvalue weighted by Gasteiger charge is 2.30. The van der Waals surface area contributed by atoms with E-state index in [2.05, 4.69) is 30.3 Å². The Kier molecular flexibility index (Phi) is 3.83. The average molecular weight is 339 g/mol. The third-order valence-electron chi connectivity index (χ3n) is 4.59. The summed E-state index contributed by atoms with van der Waals surface area (Å²) >= 11 is 0. The van der Waals surface area contributed by atoms with Crippen LogP contribution in [-0.2, 0) is 0 Å². The summed E-state index contributed by atoms with van der Waals surface area (Å²) in [5.41, 5.74) is 17.0. The topological polar surface area (TPSA) is 85.1 Å². The van der Waals surface area contributed by atoms with Crippen LogP contribution in [-0.4, -0.2) is 0 Å². The number of nitrogen functional groups attached to an aromatic ring is 1. The molecule has 3 aromatic carbocycles. The van der Waals surface area contributed by atoms with E-state index in [1.54, 1.807) is 6.07 Å². The largest absolute Gasteiger partial charge is 0.440 e. The van der Waals surface area contributed by atoms with E-state index in [1.165, 1.54) is 0 Å². The van der Waals surface area contributed by atoms with Crippen LogP contribution < -0.4 is 16.2 Å². The highest BCUT2D eigenvalue weighted by atomic mass is 16.5. The molecule has 0 aromatic heterocycles. The summed E-state index contributed by atoms with van der Waals surface area (Å²) < 4.78 is 5.62. The van der Waals surface area contributed by atoms with Crippen molar-refractivity contribution in [2.75, 3.05) is 5.73 Å². The number of hydrogen-bond acceptors (Lipinski definition) is 4. The molecule has 0 aliphatic carbocycles. The van der Waals surface area contributed by atoms with E-state index in [4.69, 9.17) is 16.2 Å². The van der Waals surface area contributed by atoms with Crippen LogP contribution in [0.5, 0.6) is 5.75 Å². The molecule has 3 aromatic rings. The van der Waals surface area contributed by atoms with Gasteiger partial charge in [0, 0.05) is 17.3 Å². The van der Waals surface area contributed by atoms with Crippen molar-refractivity contribution in [3.63, 3.8) is 0 Å². The zero-order chi connectivity index (χ0) is 18.1. The van der Waals surface area contributed by atoms with Crippen molar-refractivity contribution in [1.29, 1.82) is 5.26 Å². The van der Waals surface area contributed by atoms with Crippen LogP contribution in [0.2, 0.25) is 0 Å². The van der Waals surface area contributed by atoms with Gasteiger partial charge in [0.2, 0.25) is 5.88 Å². The van der Waals surface area contributed by atoms with Crippen LogP contribution in [0.4, 0.5) is 5.69 Å². The van der Waals surface area contributed by atoms with Gasteiger partial charge in [-0.2, -0.15) is 5.26 Å². The van der Waals surface area contributed by atoms with Gasteiger partial charge in [-0.25, -0.2) is 0 Å². The van der Waals surface area contributed by atoms with Gasteiger partial charge < -0.3 is 16.2 Å². The first-order valence-corrected chi connectivity index (χ1v) is 8.30. The lowest BCUT2D eigenvalue weighted by atomic mass is 9.83. The molecule has 126 valence electrons. The maximum absolute atomic E-state index is 9.61. The van der Waals surface area contributed by atoms with E-state index in [1.807, 2.05) is 42.5 Å². The van der Waals surface area contributed by atoms with Gasteiger partial charge in [0.25, 0.3) is 0 Å². The van der Waals surface area contributed by atoms with E-state index >= 15 is 0 Å². The first-order valence-electron chi connectivity index (χ1n) is 8.30. The van der Waals surface area contributed by atoms with Crippen LogP contribution in [0.1, 0.15) is 17.0 Å². The van der Waals surface area contributed by atoms with Crippen molar-refractivity contribution < 1.29 is 4.74 Å². The molecule has 0 bridgehead atoms. The molecule has 4 nitrogen and oxygen atoms in total. The molecular weight excluding hydrogens is 322 g/mol. The molecule has 26 heavy (non-hydrogen) atoms. The van der Waals surface area contributed by atoms with Gasteiger partial charge in [-0.1, -0.05) is 60.7 Å². The second-order valence-corrected chi connectivity index (χ2v) is 6.21. The highest BCUT2D eigenvalue weighted by Crippen LogP contribution is 2.42. The molecule has 4 rings (SSSR count). The average Bonchev–Trinajstić information content (AvgIpc) is 2.67. The minimum absolute atomic E-state index is 0.128. The number of allylic oxidation sites excluding steroid dienone is 1. The number of benzene rings is 3. The molecule has 0 saturated carbocycles. The molecule has 0 saturated heterocycles. The maximum atomic E-state index is 9.61. The van der Waals surface area contributed by atoms with Crippen molar-refractivity contribution in [2.45, 2.75) is 5.92 Å². The van der Waals surface area contributed by atoms with E-state index < -0.39 is 0 Å². The molecule has 1 atom stereocenters. The van der Waals surface area contributed by atoms with Gasteiger partial charge in [0.15, 0.2) is 0 Å². The quantitative estimate of drug-likeness (QED) is 0.687. The van der Waals surface area contributed by atoms with E-state index in [9.17, 15) is 5.26 Å².